The van der Waals surface area contributed by atoms with Gasteiger partial charge in [0.1, 0.15) is 0 Å². The third-order valence-electron chi connectivity index (χ3n) is 2.96. The molecule has 12 heavy (non-hydrogen) atoms. The fourth-order valence-corrected chi connectivity index (χ4v) is 2.29. The molecule has 1 unspecified atom stereocenters. The van der Waals surface area contributed by atoms with Crippen molar-refractivity contribution in [3.63, 3.8) is 0 Å². The third-order valence-corrected chi connectivity index (χ3v) is 2.96. The van der Waals surface area contributed by atoms with E-state index in [0.29, 0.717) is 5.41 Å². The molecular formula is C12H20. The fourth-order valence-electron chi connectivity index (χ4n) is 2.29. The Hall–Kier alpha value is -0.480. The molecular weight excluding hydrogens is 144 g/mol. The highest BCUT2D eigenvalue weighted by molar-refractivity contribution is 5.16. The second kappa shape index (κ2) is 3.49. The molecule has 0 nitrogen and oxygen atoms in total. The highest BCUT2D eigenvalue weighted by Crippen LogP contribution is 2.42. The van der Waals surface area contributed by atoms with Crippen molar-refractivity contribution in [1.82, 2.24) is 0 Å². The first-order chi connectivity index (χ1) is 5.58. The summed E-state index contributed by atoms with van der Waals surface area (Å²) < 4.78 is 0. The summed E-state index contributed by atoms with van der Waals surface area (Å²) in [5, 5.41) is 0. The molecule has 0 aromatic heterocycles. The summed E-state index contributed by atoms with van der Waals surface area (Å²) >= 11 is 0. The van der Waals surface area contributed by atoms with Gasteiger partial charge in [-0.1, -0.05) is 27.2 Å². The first-order valence-corrected chi connectivity index (χ1v) is 4.99. The molecule has 1 aliphatic carbocycles. The van der Waals surface area contributed by atoms with Crippen LogP contribution in [0.25, 0.3) is 0 Å². The monoisotopic (exact) mass is 164 g/mol. The van der Waals surface area contributed by atoms with E-state index in [1.54, 1.807) is 0 Å². The van der Waals surface area contributed by atoms with Gasteiger partial charge in [-0.2, -0.15) is 0 Å². The minimum Gasteiger partial charge on any atom is -0.126 e. The zero-order chi connectivity index (χ0) is 9.19. The van der Waals surface area contributed by atoms with Crippen molar-refractivity contribution in [3.05, 3.63) is 17.4 Å². The number of rotatable bonds is 0. The topological polar surface area (TPSA) is 0 Å². The van der Waals surface area contributed by atoms with Gasteiger partial charge in [-0.3, -0.25) is 0 Å². The molecule has 0 heterocycles. The number of hydrogen-bond acceptors (Lipinski definition) is 0. The molecule has 0 spiro atoms. The average molecular weight is 164 g/mol. The quantitative estimate of drug-likeness (QED) is 0.476. The summed E-state index contributed by atoms with van der Waals surface area (Å²) in [5.41, 5.74) is 5.33. The smallest absolute Gasteiger partial charge is 0.00662 e. The maximum atomic E-state index is 3.42. The predicted octanol–water partition coefficient (Wildman–Crippen LogP) is 3.93. The van der Waals surface area contributed by atoms with Crippen LogP contribution in [0.5, 0.6) is 0 Å². The summed E-state index contributed by atoms with van der Waals surface area (Å²) in [6, 6.07) is 0. The molecule has 68 valence electrons. The van der Waals surface area contributed by atoms with Gasteiger partial charge in [0, 0.05) is 0 Å². The van der Waals surface area contributed by atoms with Crippen LogP contribution in [0.1, 0.15) is 47.0 Å². The first-order valence-electron chi connectivity index (χ1n) is 4.99. The van der Waals surface area contributed by atoms with Gasteiger partial charge < -0.3 is 0 Å². The van der Waals surface area contributed by atoms with Crippen molar-refractivity contribution in [2.24, 2.45) is 11.3 Å². The largest absolute Gasteiger partial charge is 0.126 e. The van der Waals surface area contributed by atoms with Gasteiger partial charge >= 0.3 is 0 Å². The lowest BCUT2D eigenvalue weighted by Gasteiger charge is -2.35. The van der Waals surface area contributed by atoms with E-state index >= 15 is 0 Å². The van der Waals surface area contributed by atoms with E-state index in [1.807, 2.05) is 0 Å². The summed E-state index contributed by atoms with van der Waals surface area (Å²) in [4.78, 5) is 0. The van der Waals surface area contributed by atoms with Crippen LogP contribution in [0, 0.1) is 11.3 Å². The zero-order valence-electron chi connectivity index (χ0n) is 8.78. The molecule has 0 saturated heterocycles. The molecule has 0 heteroatoms. The molecule has 0 bridgehead atoms. The van der Waals surface area contributed by atoms with Gasteiger partial charge in [-0.05, 0) is 42.7 Å². The highest BCUT2D eigenvalue weighted by Gasteiger charge is 2.30. The molecule has 1 fully saturated rings. The van der Waals surface area contributed by atoms with Crippen LogP contribution in [0.3, 0.4) is 0 Å². The predicted molar refractivity (Wildman–Crippen MR) is 54.1 cm³/mol. The normalized spacial score (nSPS) is 28.0. The van der Waals surface area contributed by atoms with Crippen LogP contribution in [-0.4, -0.2) is 0 Å². The van der Waals surface area contributed by atoms with Crippen LogP contribution in [0.15, 0.2) is 17.4 Å². The maximum absolute atomic E-state index is 3.42. The third kappa shape index (κ3) is 1.81. The van der Waals surface area contributed by atoms with E-state index in [-0.39, 0.29) is 0 Å². The van der Waals surface area contributed by atoms with Crippen LogP contribution < -0.4 is 0 Å². The Kier molecular flexibility index (Phi) is 2.80. The molecule has 0 aromatic carbocycles. The summed E-state index contributed by atoms with van der Waals surface area (Å²) in [7, 11) is 0. The molecule has 1 aliphatic rings. The Morgan fingerprint density at radius 2 is 2.17 bits per heavy atom. The molecule has 0 radical (unpaired) electrons. The van der Waals surface area contributed by atoms with Crippen LogP contribution in [-0.2, 0) is 0 Å². The zero-order valence-corrected chi connectivity index (χ0v) is 8.78. The van der Waals surface area contributed by atoms with E-state index in [9.17, 15) is 0 Å². The van der Waals surface area contributed by atoms with Gasteiger partial charge in [-0.15, -0.1) is 5.73 Å². The molecule has 1 atom stereocenters. The molecule has 1 rings (SSSR count). The van der Waals surface area contributed by atoms with Crippen molar-refractivity contribution >= 4 is 0 Å². The van der Waals surface area contributed by atoms with Gasteiger partial charge in [0.05, 0.1) is 0 Å². The summed E-state index contributed by atoms with van der Waals surface area (Å²) in [5.74, 6) is 0.741. The molecule has 0 N–H and O–H groups in total. The second-order valence-electron chi connectivity index (χ2n) is 4.52. The van der Waals surface area contributed by atoms with Crippen LogP contribution in [0.2, 0.25) is 0 Å². The fraction of sp³-hybridized carbons (Fsp3) is 0.750. The van der Waals surface area contributed by atoms with E-state index in [1.165, 1.54) is 24.8 Å². The lowest BCUT2D eigenvalue weighted by atomic mass is 9.69. The van der Waals surface area contributed by atoms with E-state index < -0.39 is 0 Å². The van der Waals surface area contributed by atoms with Crippen molar-refractivity contribution < 1.29 is 0 Å². The number of allylic oxidation sites excluding steroid dienone is 1. The Balaban J connectivity index is 2.97. The minimum absolute atomic E-state index is 0.393. The van der Waals surface area contributed by atoms with Crippen molar-refractivity contribution in [2.45, 2.75) is 47.0 Å². The minimum atomic E-state index is 0.393. The van der Waals surface area contributed by atoms with Crippen molar-refractivity contribution in [1.29, 1.82) is 0 Å². The van der Waals surface area contributed by atoms with Gasteiger partial charge in [0.15, 0.2) is 0 Å². The van der Waals surface area contributed by atoms with Crippen LogP contribution in [0.4, 0.5) is 0 Å². The van der Waals surface area contributed by atoms with E-state index in [4.69, 9.17) is 0 Å². The average Bonchev–Trinajstić information content (AvgIpc) is 1.97. The SMILES string of the molecule is CC=C=C1C(C)CCCC1(C)C. The van der Waals surface area contributed by atoms with E-state index in [2.05, 4.69) is 39.5 Å². The second-order valence-corrected chi connectivity index (χ2v) is 4.52. The Morgan fingerprint density at radius 1 is 1.50 bits per heavy atom. The van der Waals surface area contributed by atoms with Crippen LogP contribution >= 0.6 is 0 Å². The number of hydrogen-bond donors (Lipinski definition) is 0. The first kappa shape index (κ1) is 9.61. The lowest BCUT2D eigenvalue weighted by Crippen LogP contribution is -2.24. The molecule has 0 amide bonds. The lowest BCUT2D eigenvalue weighted by molar-refractivity contribution is 0.290. The van der Waals surface area contributed by atoms with E-state index in [0.717, 1.165) is 5.92 Å². The molecule has 1 saturated carbocycles. The van der Waals surface area contributed by atoms with Crippen molar-refractivity contribution in [3.8, 4) is 0 Å². The highest BCUT2D eigenvalue weighted by atomic mass is 14.3. The summed E-state index contributed by atoms with van der Waals surface area (Å²) in [6.07, 6.45) is 6.11. The van der Waals surface area contributed by atoms with Crippen molar-refractivity contribution in [2.75, 3.05) is 0 Å². The Bertz CT molecular complexity index is 214. The summed E-state index contributed by atoms with van der Waals surface area (Å²) in [6.45, 7) is 9.07. The Morgan fingerprint density at radius 3 is 2.67 bits per heavy atom. The van der Waals surface area contributed by atoms with Gasteiger partial charge in [0.2, 0.25) is 0 Å². The van der Waals surface area contributed by atoms with Gasteiger partial charge in [0.25, 0.3) is 0 Å². The molecule has 0 aliphatic heterocycles. The molecule has 0 aromatic rings. The maximum Gasteiger partial charge on any atom is -0.00662 e. The standard InChI is InChI=1S/C12H20/c1-5-7-11-10(2)8-6-9-12(11,3)4/h5,10H,6,8-9H2,1-4H3. The van der Waals surface area contributed by atoms with Gasteiger partial charge in [-0.25, -0.2) is 0 Å². The Labute approximate surface area is 76.4 Å².